The van der Waals surface area contributed by atoms with Crippen LogP contribution in [0.5, 0.6) is 5.75 Å². The summed E-state index contributed by atoms with van der Waals surface area (Å²) < 4.78 is 5.34. The average Bonchev–Trinajstić information content (AvgIpc) is 2.37. The van der Waals surface area contributed by atoms with Crippen LogP contribution in [0, 0.1) is 0 Å². The second-order valence-corrected chi connectivity index (χ2v) is 4.30. The fraction of sp³-hybridized carbons (Fsp3) is 0.538. The van der Waals surface area contributed by atoms with Gasteiger partial charge in [-0.15, -0.1) is 0 Å². The van der Waals surface area contributed by atoms with E-state index in [2.05, 4.69) is 11.8 Å². The molecule has 96 valence electrons. The normalized spacial score (nSPS) is 14.7. The number of ether oxygens (including phenoxy) is 1. The summed E-state index contributed by atoms with van der Waals surface area (Å²) in [6, 6.07) is 7.93. The van der Waals surface area contributed by atoms with Crippen LogP contribution in [-0.2, 0) is 0 Å². The summed E-state index contributed by atoms with van der Waals surface area (Å²) in [6.07, 6.45) is 0. The summed E-state index contributed by atoms with van der Waals surface area (Å²) in [4.78, 5) is 2.11. The number of aliphatic hydroxyl groups excluding tert-OH is 1. The first-order chi connectivity index (χ1) is 8.10. The molecule has 0 saturated heterocycles. The Morgan fingerprint density at radius 3 is 2.65 bits per heavy atom. The first-order valence-electron chi connectivity index (χ1n) is 5.79. The third-order valence-electron chi connectivity index (χ3n) is 3.01. The number of nitrogens with zero attached hydrogens (tertiary/aromatic N) is 1. The van der Waals surface area contributed by atoms with Crippen LogP contribution in [0.25, 0.3) is 0 Å². The van der Waals surface area contributed by atoms with Gasteiger partial charge in [0.15, 0.2) is 0 Å². The smallest absolute Gasteiger partial charge is 0.123 e. The van der Waals surface area contributed by atoms with Gasteiger partial charge in [-0.05, 0) is 20.0 Å². The maximum atomic E-state index is 8.96. The molecule has 4 heteroatoms. The Bertz CT molecular complexity index is 344. The first kappa shape index (κ1) is 14.0. The van der Waals surface area contributed by atoms with E-state index in [1.807, 2.05) is 31.3 Å². The molecule has 4 nitrogen and oxygen atoms in total. The van der Waals surface area contributed by atoms with E-state index >= 15 is 0 Å². The second kappa shape index (κ2) is 6.59. The monoisotopic (exact) mass is 238 g/mol. The van der Waals surface area contributed by atoms with Crippen LogP contribution in [0.4, 0.5) is 0 Å². The molecule has 1 rings (SSSR count). The number of nitrogens with two attached hydrogens (primary N) is 1. The van der Waals surface area contributed by atoms with Gasteiger partial charge >= 0.3 is 0 Å². The van der Waals surface area contributed by atoms with Gasteiger partial charge in [-0.25, -0.2) is 0 Å². The van der Waals surface area contributed by atoms with E-state index in [9.17, 15) is 0 Å². The number of likely N-dealkylation sites (N-methyl/N-ethyl adjacent to an activating group) is 1. The van der Waals surface area contributed by atoms with Gasteiger partial charge in [0.05, 0.1) is 13.7 Å². The maximum Gasteiger partial charge on any atom is 0.123 e. The molecule has 3 N–H and O–H groups in total. The summed E-state index contributed by atoms with van der Waals surface area (Å²) in [5.74, 6) is 0.879. The zero-order chi connectivity index (χ0) is 12.8. The van der Waals surface area contributed by atoms with Gasteiger partial charge in [0, 0.05) is 24.2 Å². The molecule has 17 heavy (non-hydrogen) atoms. The van der Waals surface area contributed by atoms with Gasteiger partial charge < -0.3 is 15.6 Å². The maximum absolute atomic E-state index is 8.96. The van der Waals surface area contributed by atoms with Crippen LogP contribution in [0.15, 0.2) is 24.3 Å². The molecule has 0 radical (unpaired) electrons. The summed E-state index contributed by atoms with van der Waals surface area (Å²) in [6.45, 7) is 2.75. The minimum Gasteiger partial charge on any atom is -0.496 e. The summed E-state index contributed by atoms with van der Waals surface area (Å²) in [5, 5.41) is 8.96. The zero-order valence-electron chi connectivity index (χ0n) is 10.8. The third-order valence-corrected chi connectivity index (χ3v) is 3.01. The Morgan fingerprint density at radius 2 is 2.06 bits per heavy atom. The summed E-state index contributed by atoms with van der Waals surface area (Å²) in [7, 11) is 3.66. The van der Waals surface area contributed by atoms with Crippen molar-refractivity contribution in [3.8, 4) is 5.75 Å². The van der Waals surface area contributed by atoms with Gasteiger partial charge in [0.2, 0.25) is 0 Å². The minimum atomic E-state index is -0.211. The van der Waals surface area contributed by atoms with E-state index in [1.165, 1.54) is 0 Å². The van der Waals surface area contributed by atoms with E-state index < -0.39 is 0 Å². The van der Waals surface area contributed by atoms with E-state index in [0.29, 0.717) is 6.54 Å². The third kappa shape index (κ3) is 3.70. The van der Waals surface area contributed by atoms with Gasteiger partial charge in [0.1, 0.15) is 5.75 Å². The Balaban J connectivity index is 2.77. The van der Waals surface area contributed by atoms with Crippen molar-refractivity contribution < 1.29 is 9.84 Å². The molecule has 0 aliphatic rings. The molecular weight excluding hydrogens is 216 g/mol. The Morgan fingerprint density at radius 1 is 1.41 bits per heavy atom. The molecule has 0 bridgehead atoms. The fourth-order valence-electron chi connectivity index (χ4n) is 1.83. The highest BCUT2D eigenvalue weighted by Gasteiger charge is 2.17. The van der Waals surface area contributed by atoms with E-state index in [1.54, 1.807) is 7.11 Å². The van der Waals surface area contributed by atoms with Crippen molar-refractivity contribution in [1.82, 2.24) is 4.90 Å². The number of para-hydroxylation sites is 1. The quantitative estimate of drug-likeness (QED) is 0.776. The topological polar surface area (TPSA) is 58.7 Å². The highest BCUT2D eigenvalue weighted by Crippen LogP contribution is 2.27. The largest absolute Gasteiger partial charge is 0.496 e. The first-order valence-corrected chi connectivity index (χ1v) is 5.79. The number of methoxy groups -OCH3 is 1. The van der Waals surface area contributed by atoms with Gasteiger partial charge in [-0.1, -0.05) is 18.2 Å². The molecule has 0 amide bonds. The average molecular weight is 238 g/mol. The number of hydrogen-bond donors (Lipinski definition) is 2. The predicted octanol–water partition coefficient (Wildman–Crippen LogP) is 1.01. The van der Waals surface area contributed by atoms with Crippen molar-refractivity contribution in [3.63, 3.8) is 0 Å². The van der Waals surface area contributed by atoms with Gasteiger partial charge in [0.25, 0.3) is 0 Å². The molecule has 0 aliphatic heterocycles. The van der Waals surface area contributed by atoms with Crippen LogP contribution in [-0.4, -0.2) is 43.4 Å². The van der Waals surface area contributed by atoms with E-state index in [0.717, 1.165) is 11.3 Å². The number of hydrogen-bond acceptors (Lipinski definition) is 4. The zero-order valence-corrected chi connectivity index (χ0v) is 10.8. The van der Waals surface area contributed by atoms with Crippen LogP contribution in [0.2, 0.25) is 0 Å². The van der Waals surface area contributed by atoms with Gasteiger partial charge in [-0.2, -0.15) is 0 Å². The molecule has 0 aliphatic carbocycles. The molecule has 1 aromatic rings. The summed E-state index contributed by atoms with van der Waals surface area (Å²) >= 11 is 0. The second-order valence-electron chi connectivity index (χ2n) is 4.30. The fourth-order valence-corrected chi connectivity index (χ4v) is 1.83. The van der Waals surface area contributed by atoms with Crippen molar-refractivity contribution in [2.24, 2.45) is 5.73 Å². The molecule has 0 heterocycles. The van der Waals surface area contributed by atoms with E-state index in [-0.39, 0.29) is 18.7 Å². The van der Waals surface area contributed by atoms with Crippen molar-refractivity contribution in [1.29, 1.82) is 0 Å². The Labute approximate surface area is 103 Å². The standard InChI is InChI=1S/C13H22N2O2/c1-10(15(2)8-11(14)9-16)12-6-4-5-7-13(12)17-3/h4-7,10-11,16H,8-9,14H2,1-3H3/t10-,11+/m0/s1. The SMILES string of the molecule is COc1ccccc1[C@H](C)N(C)C[C@@H](N)CO. The van der Waals surface area contributed by atoms with Crippen molar-refractivity contribution >= 4 is 0 Å². The number of benzene rings is 1. The van der Waals surface area contributed by atoms with Crippen LogP contribution < -0.4 is 10.5 Å². The predicted molar refractivity (Wildman–Crippen MR) is 69.1 cm³/mol. The molecule has 0 spiro atoms. The van der Waals surface area contributed by atoms with Crippen LogP contribution in [0.1, 0.15) is 18.5 Å². The lowest BCUT2D eigenvalue weighted by atomic mass is 10.1. The highest BCUT2D eigenvalue weighted by atomic mass is 16.5. The lowest BCUT2D eigenvalue weighted by Crippen LogP contribution is -2.39. The van der Waals surface area contributed by atoms with Crippen molar-refractivity contribution in [3.05, 3.63) is 29.8 Å². The van der Waals surface area contributed by atoms with Crippen LogP contribution >= 0.6 is 0 Å². The Hall–Kier alpha value is -1.10. The van der Waals surface area contributed by atoms with Gasteiger partial charge in [-0.3, -0.25) is 4.90 Å². The molecule has 0 fully saturated rings. The molecule has 0 aromatic heterocycles. The molecule has 1 aromatic carbocycles. The number of rotatable bonds is 6. The van der Waals surface area contributed by atoms with Crippen LogP contribution in [0.3, 0.4) is 0 Å². The lowest BCUT2D eigenvalue weighted by molar-refractivity contribution is 0.193. The van der Waals surface area contributed by atoms with E-state index in [4.69, 9.17) is 15.6 Å². The molecular formula is C13H22N2O2. The minimum absolute atomic E-state index is 0.00296. The molecule has 0 saturated carbocycles. The lowest BCUT2D eigenvalue weighted by Gasteiger charge is -2.28. The number of aliphatic hydroxyl groups is 1. The molecule has 2 atom stereocenters. The van der Waals surface area contributed by atoms with Crippen molar-refractivity contribution in [2.45, 2.75) is 19.0 Å². The Kier molecular flexibility index (Phi) is 5.41. The van der Waals surface area contributed by atoms with Crippen molar-refractivity contribution in [2.75, 3.05) is 27.3 Å². The highest BCUT2D eigenvalue weighted by molar-refractivity contribution is 5.35. The summed E-state index contributed by atoms with van der Waals surface area (Å²) in [5.41, 5.74) is 6.86. The molecule has 0 unspecified atom stereocenters.